The van der Waals surface area contributed by atoms with Gasteiger partial charge in [-0.25, -0.2) is 0 Å². The quantitative estimate of drug-likeness (QED) is 0.761. The van der Waals surface area contributed by atoms with Gasteiger partial charge in [-0.2, -0.15) is 5.10 Å². The minimum absolute atomic E-state index is 0.172. The third kappa shape index (κ3) is 2.29. The van der Waals surface area contributed by atoms with Gasteiger partial charge in [0.25, 0.3) is 0 Å². The second kappa shape index (κ2) is 3.49. The fourth-order valence-electron chi connectivity index (χ4n) is 2.36. The maximum absolute atomic E-state index is 6.03. The maximum Gasteiger partial charge on any atom is 0.0880 e. The van der Waals surface area contributed by atoms with Crippen molar-refractivity contribution in [3.05, 3.63) is 24.0 Å². The van der Waals surface area contributed by atoms with Crippen LogP contribution in [-0.2, 0) is 7.05 Å². The molecule has 1 aliphatic carbocycles. The van der Waals surface area contributed by atoms with Crippen LogP contribution in [-0.4, -0.2) is 15.8 Å². The molecular weight excluding hydrogens is 186 g/mol. The molecule has 1 aromatic heterocycles. The molecule has 1 atom stereocenters. The first-order valence-electron chi connectivity index (χ1n) is 5.43. The molecule has 0 saturated heterocycles. The Hall–Kier alpha value is -1.09. The molecule has 3 heteroatoms. The highest BCUT2D eigenvalue weighted by Crippen LogP contribution is 2.38. The summed E-state index contributed by atoms with van der Waals surface area (Å²) < 4.78 is 1.84. The lowest BCUT2D eigenvalue weighted by Gasteiger charge is -2.32. The van der Waals surface area contributed by atoms with Gasteiger partial charge in [-0.3, -0.25) is 4.68 Å². The predicted molar refractivity (Wildman–Crippen MR) is 62.2 cm³/mol. The summed E-state index contributed by atoms with van der Waals surface area (Å²) in [4.78, 5) is 0. The van der Waals surface area contributed by atoms with Crippen LogP contribution >= 0.6 is 0 Å². The van der Waals surface area contributed by atoms with Crippen molar-refractivity contribution >= 4 is 5.57 Å². The minimum atomic E-state index is 0.172. The number of aryl methyl sites for hydroxylation is 1. The Bertz CT molecular complexity index is 387. The molecular formula is C12H19N3. The lowest BCUT2D eigenvalue weighted by molar-refractivity contribution is 0.318. The van der Waals surface area contributed by atoms with Crippen LogP contribution in [0.5, 0.6) is 0 Å². The summed E-state index contributed by atoms with van der Waals surface area (Å²) in [5.74, 6) is 0. The van der Waals surface area contributed by atoms with Gasteiger partial charge in [0.2, 0.25) is 0 Å². The average Bonchev–Trinajstić information content (AvgIpc) is 2.48. The predicted octanol–water partition coefficient (Wildman–Crippen LogP) is 1.95. The van der Waals surface area contributed by atoms with Crippen molar-refractivity contribution in [3.8, 4) is 0 Å². The van der Waals surface area contributed by atoms with Gasteiger partial charge in [0.15, 0.2) is 0 Å². The van der Waals surface area contributed by atoms with Crippen molar-refractivity contribution < 1.29 is 0 Å². The summed E-state index contributed by atoms with van der Waals surface area (Å²) >= 11 is 0. The third-order valence-corrected chi connectivity index (χ3v) is 2.92. The van der Waals surface area contributed by atoms with E-state index in [4.69, 9.17) is 5.73 Å². The zero-order chi connectivity index (χ0) is 11.1. The molecule has 0 amide bonds. The monoisotopic (exact) mass is 205 g/mol. The molecule has 0 radical (unpaired) electrons. The van der Waals surface area contributed by atoms with Crippen LogP contribution in [0, 0.1) is 5.41 Å². The molecule has 1 aliphatic rings. The SMILES string of the molecule is Cn1ccc(C2=CC(N)CC(C)(C)C2)n1. The summed E-state index contributed by atoms with van der Waals surface area (Å²) in [6, 6.07) is 2.23. The second-order valence-corrected chi connectivity index (χ2v) is 5.28. The van der Waals surface area contributed by atoms with E-state index in [1.165, 1.54) is 5.57 Å². The largest absolute Gasteiger partial charge is 0.324 e. The molecule has 0 bridgehead atoms. The number of aromatic nitrogens is 2. The Balaban J connectivity index is 2.29. The molecule has 0 aliphatic heterocycles. The van der Waals surface area contributed by atoms with E-state index in [0.717, 1.165) is 18.5 Å². The van der Waals surface area contributed by atoms with E-state index >= 15 is 0 Å². The Morgan fingerprint density at radius 3 is 2.80 bits per heavy atom. The minimum Gasteiger partial charge on any atom is -0.324 e. The van der Waals surface area contributed by atoms with Gasteiger partial charge in [-0.15, -0.1) is 0 Å². The Labute approximate surface area is 91.0 Å². The lowest BCUT2D eigenvalue weighted by atomic mass is 9.75. The molecule has 1 heterocycles. The van der Waals surface area contributed by atoms with Crippen molar-refractivity contribution in [3.63, 3.8) is 0 Å². The highest BCUT2D eigenvalue weighted by atomic mass is 15.2. The molecule has 0 aromatic carbocycles. The Morgan fingerprint density at radius 2 is 2.27 bits per heavy atom. The third-order valence-electron chi connectivity index (χ3n) is 2.92. The molecule has 0 saturated carbocycles. The van der Waals surface area contributed by atoms with Crippen LogP contribution in [0.4, 0.5) is 0 Å². The number of hydrogen-bond donors (Lipinski definition) is 1. The first-order valence-corrected chi connectivity index (χ1v) is 5.43. The second-order valence-electron chi connectivity index (χ2n) is 5.28. The van der Waals surface area contributed by atoms with Crippen LogP contribution in [0.25, 0.3) is 5.57 Å². The van der Waals surface area contributed by atoms with E-state index < -0.39 is 0 Å². The molecule has 2 N–H and O–H groups in total. The summed E-state index contributed by atoms with van der Waals surface area (Å²) in [6.07, 6.45) is 6.26. The van der Waals surface area contributed by atoms with Crippen LogP contribution in [0.15, 0.2) is 18.3 Å². The molecule has 1 aromatic rings. The van der Waals surface area contributed by atoms with Crippen molar-refractivity contribution in [2.45, 2.75) is 32.7 Å². The Morgan fingerprint density at radius 1 is 1.53 bits per heavy atom. The standard InChI is InChI=1S/C12H19N3/c1-12(2)7-9(6-10(13)8-12)11-4-5-15(3)14-11/h4-6,10H,7-8,13H2,1-3H3. The van der Waals surface area contributed by atoms with Crippen molar-refractivity contribution in [1.29, 1.82) is 0 Å². The first-order chi connectivity index (χ1) is 6.96. The van der Waals surface area contributed by atoms with E-state index in [2.05, 4.69) is 31.1 Å². The average molecular weight is 205 g/mol. The summed E-state index contributed by atoms with van der Waals surface area (Å²) in [5.41, 5.74) is 8.69. The van der Waals surface area contributed by atoms with Gasteiger partial charge in [-0.05, 0) is 29.9 Å². The van der Waals surface area contributed by atoms with Crippen LogP contribution in [0.2, 0.25) is 0 Å². The van der Waals surface area contributed by atoms with E-state index in [0.29, 0.717) is 5.41 Å². The molecule has 82 valence electrons. The first kappa shape index (κ1) is 10.4. The zero-order valence-corrected chi connectivity index (χ0v) is 9.70. The van der Waals surface area contributed by atoms with Gasteiger partial charge < -0.3 is 5.73 Å². The fraction of sp³-hybridized carbons (Fsp3) is 0.583. The van der Waals surface area contributed by atoms with Crippen LogP contribution < -0.4 is 5.73 Å². The molecule has 15 heavy (non-hydrogen) atoms. The van der Waals surface area contributed by atoms with E-state index in [1.807, 2.05) is 17.9 Å². The molecule has 3 nitrogen and oxygen atoms in total. The fourth-order valence-corrected chi connectivity index (χ4v) is 2.36. The summed E-state index contributed by atoms with van der Waals surface area (Å²) in [6.45, 7) is 4.53. The summed E-state index contributed by atoms with van der Waals surface area (Å²) in [5, 5.41) is 4.43. The van der Waals surface area contributed by atoms with Crippen LogP contribution in [0.1, 0.15) is 32.4 Å². The number of allylic oxidation sites excluding steroid dienone is 1. The Kier molecular flexibility index (Phi) is 2.43. The number of nitrogens with zero attached hydrogens (tertiary/aromatic N) is 2. The van der Waals surface area contributed by atoms with E-state index in [-0.39, 0.29) is 6.04 Å². The topological polar surface area (TPSA) is 43.8 Å². The van der Waals surface area contributed by atoms with E-state index in [1.54, 1.807) is 0 Å². The molecule has 2 rings (SSSR count). The highest BCUT2D eigenvalue weighted by Gasteiger charge is 2.28. The van der Waals surface area contributed by atoms with Crippen molar-refractivity contribution in [2.24, 2.45) is 18.2 Å². The normalized spacial score (nSPS) is 25.1. The highest BCUT2D eigenvalue weighted by molar-refractivity contribution is 5.64. The van der Waals surface area contributed by atoms with Crippen molar-refractivity contribution in [2.75, 3.05) is 0 Å². The number of rotatable bonds is 1. The van der Waals surface area contributed by atoms with Gasteiger partial charge in [0, 0.05) is 19.3 Å². The van der Waals surface area contributed by atoms with Gasteiger partial charge >= 0.3 is 0 Å². The smallest absolute Gasteiger partial charge is 0.0880 e. The van der Waals surface area contributed by atoms with Gasteiger partial charge in [0.05, 0.1) is 5.69 Å². The van der Waals surface area contributed by atoms with Gasteiger partial charge in [0.1, 0.15) is 0 Å². The van der Waals surface area contributed by atoms with Crippen molar-refractivity contribution in [1.82, 2.24) is 9.78 Å². The summed E-state index contributed by atoms with van der Waals surface area (Å²) in [7, 11) is 1.94. The molecule has 0 fully saturated rings. The van der Waals surface area contributed by atoms with Gasteiger partial charge in [-0.1, -0.05) is 19.9 Å². The molecule has 0 spiro atoms. The van der Waals surface area contributed by atoms with E-state index in [9.17, 15) is 0 Å². The number of nitrogens with two attached hydrogens (primary N) is 1. The lowest BCUT2D eigenvalue weighted by Crippen LogP contribution is -2.30. The molecule has 1 unspecified atom stereocenters. The maximum atomic E-state index is 6.03. The van der Waals surface area contributed by atoms with Crippen LogP contribution in [0.3, 0.4) is 0 Å². The number of hydrogen-bond acceptors (Lipinski definition) is 2. The zero-order valence-electron chi connectivity index (χ0n) is 9.70.